The number of halogens is 4. The van der Waals surface area contributed by atoms with E-state index in [1.807, 2.05) is 0 Å². The molecular formula is C18H17Cl2F2N3O3S. The molecule has 1 saturated heterocycles. The van der Waals surface area contributed by atoms with E-state index in [4.69, 9.17) is 23.2 Å². The van der Waals surface area contributed by atoms with Crippen LogP contribution in [0.2, 0.25) is 10.0 Å². The van der Waals surface area contributed by atoms with Crippen LogP contribution in [0.1, 0.15) is 0 Å². The first-order valence-electron chi connectivity index (χ1n) is 8.59. The largest absolute Gasteiger partial charge is 0.322 e. The Morgan fingerprint density at radius 3 is 2.34 bits per heavy atom. The fourth-order valence-electron chi connectivity index (χ4n) is 2.90. The molecule has 1 aliphatic rings. The summed E-state index contributed by atoms with van der Waals surface area (Å²) in [5.74, 6) is -1.92. The molecule has 3 rings (SSSR count). The van der Waals surface area contributed by atoms with E-state index in [-0.39, 0.29) is 40.3 Å². The number of nitrogens with zero attached hydrogens (tertiary/aromatic N) is 2. The van der Waals surface area contributed by atoms with Crippen molar-refractivity contribution >= 4 is 44.8 Å². The van der Waals surface area contributed by atoms with E-state index in [0.717, 1.165) is 18.2 Å². The quantitative estimate of drug-likeness (QED) is 0.738. The summed E-state index contributed by atoms with van der Waals surface area (Å²) in [5.41, 5.74) is -0.240. The number of hydrogen-bond acceptors (Lipinski definition) is 4. The second kappa shape index (κ2) is 8.93. The number of anilines is 1. The Morgan fingerprint density at radius 2 is 1.69 bits per heavy atom. The maximum absolute atomic E-state index is 13.6. The molecule has 0 aromatic heterocycles. The molecule has 0 atom stereocenters. The first kappa shape index (κ1) is 21.9. The van der Waals surface area contributed by atoms with Gasteiger partial charge in [0.05, 0.1) is 27.2 Å². The predicted molar refractivity (Wildman–Crippen MR) is 107 cm³/mol. The van der Waals surface area contributed by atoms with E-state index < -0.39 is 27.6 Å². The highest BCUT2D eigenvalue weighted by Crippen LogP contribution is 2.27. The lowest BCUT2D eigenvalue weighted by molar-refractivity contribution is -0.117. The van der Waals surface area contributed by atoms with Crippen LogP contribution in [-0.2, 0) is 14.8 Å². The van der Waals surface area contributed by atoms with Gasteiger partial charge in [-0.05, 0) is 30.3 Å². The fourth-order valence-corrected chi connectivity index (χ4v) is 4.71. The van der Waals surface area contributed by atoms with Gasteiger partial charge in [0.15, 0.2) is 0 Å². The van der Waals surface area contributed by atoms with Crippen LogP contribution in [0.15, 0.2) is 41.3 Å². The number of nitrogens with one attached hydrogen (secondary N) is 1. The van der Waals surface area contributed by atoms with Gasteiger partial charge in [-0.25, -0.2) is 17.2 Å². The summed E-state index contributed by atoms with van der Waals surface area (Å²) < 4.78 is 53.6. The van der Waals surface area contributed by atoms with Gasteiger partial charge in [-0.1, -0.05) is 23.2 Å². The lowest BCUT2D eigenvalue weighted by Crippen LogP contribution is -2.50. The monoisotopic (exact) mass is 463 g/mol. The molecule has 11 heteroatoms. The number of carbonyl (C=O) groups excluding carboxylic acids is 1. The third-order valence-electron chi connectivity index (χ3n) is 4.43. The van der Waals surface area contributed by atoms with Gasteiger partial charge in [0, 0.05) is 32.2 Å². The van der Waals surface area contributed by atoms with Crippen LogP contribution in [0, 0.1) is 11.6 Å². The Morgan fingerprint density at radius 1 is 1.00 bits per heavy atom. The van der Waals surface area contributed by atoms with Gasteiger partial charge in [0.1, 0.15) is 11.6 Å². The Hall–Kier alpha value is -1.78. The molecule has 2 aromatic rings. The molecule has 1 N–H and O–H groups in total. The lowest BCUT2D eigenvalue weighted by atomic mass is 10.3. The van der Waals surface area contributed by atoms with Crippen molar-refractivity contribution in [2.75, 3.05) is 38.0 Å². The summed E-state index contributed by atoms with van der Waals surface area (Å²) in [6.45, 7) is 0.879. The Bertz CT molecular complexity index is 1030. The molecule has 0 unspecified atom stereocenters. The van der Waals surface area contributed by atoms with E-state index in [0.29, 0.717) is 13.1 Å². The SMILES string of the molecule is O=C(CN1CCN(S(=O)(=O)c2ccc(Cl)c(Cl)c2)CC1)Nc1cc(F)ccc1F. The number of benzene rings is 2. The van der Waals surface area contributed by atoms with E-state index >= 15 is 0 Å². The second-order valence-corrected chi connectivity index (χ2v) is 9.18. The highest BCUT2D eigenvalue weighted by molar-refractivity contribution is 7.89. The van der Waals surface area contributed by atoms with Crippen molar-refractivity contribution in [3.63, 3.8) is 0 Å². The van der Waals surface area contributed by atoms with Crippen LogP contribution < -0.4 is 5.32 Å². The van der Waals surface area contributed by atoms with Crippen LogP contribution >= 0.6 is 23.2 Å². The number of amides is 1. The van der Waals surface area contributed by atoms with Crippen LogP contribution in [0.4, 0.5) is 14.5 Å². The Kier molecular flexibility index (Phi) is 6.75. The zero-order valence-corrected chi connectivity index (χ0v) is 17.4. The molecule has 1 amide bonds. The van der Waals surface area contributed by atoms with Crippen molar-refractivity contribution in [2.24, 2.45) is 0 Å². The lowest BCUT2D eigenvalue weighted by Gasteiger charge is -2.33. The topological polar surface area (TPSA) is 69.7 Å². The molecule has 0 saturated carbocycles. The third kappa shape index (κ3) is 5.23. The molecular weight excluding hydrogens is 447 g/mol. The van der Waals surface area contributed by atoms with Gasteiger partial charge in [-0.15, -0.1) is 0 Å². The molecule has 0 spiro atoms. The molecule has 156 valence electrons. The molecule has 1 aliphatic heterocycles. The van der Waals surface area contributed by atoms with E-state index in [1.54, 1.807) is 4.90 Å². The zero-order chi connectivity index (χ0) is 21.2. The smallest absolute Gasteiger partial charge is 0.243 e. The number of hydrogen-bond donors (Lipinski definition) is 1. The maximum atomic E-state index is 13.6. The standard InChI is InChI=1S/C18H17Cl2F2N3O3S/c19-14-3-2-13(10-15(14)20)29(27,28)25-7-5-24(6-8-25)11-18(26)23-17-9-12(21)1-4-16(17)22/h1-4,9-10H,5-8,11H2,(H,23,26). The molecule has 0 radical (unpaired) electrons. The van der Waals surface area contributed by atoms with Gasteiger partial charge in [0.25, 0.3) is 0 Å². The molecule has 6 nitrogen and oxygen atoms in total. The minimum absolute atomic E-state index is 0.0414. The average molecular weight is 464 g/mol. The third-order valence-corrected chi connectivity index (χ3v) is 7.06. The molecule has 1 fully saturated rings. The summed E-state index contributed by atoms with van der Waals surface area (Å²) in [7, 11) is -3.74. The van der Waals surface area contributed by atoms with Crippen molar-refractivity contribution in [1.29, 1.82) is 0 Å². The van der Waals surface area contributed by atoms with Gasteiger partial charge in [-0.2, -0.15) is 4.31 Å². The van der Waals surface area contributed by atoms with E-state index in [2.05, 4.69) is 5.32 Å². The van der Waals surface area contributed by atoms with Gasteiger partial charge in [-0.3, -0.25) is 9.69 Å². The van der Waals surface area contributed by atoms with Crippen LogP contribution in [0.25, 0.3) is 0 Å². The summed E-state index contributed by atoms with van der Waals surface area (Å²) >= 11 is 11.7. The fraction of sp³-hybridized carbons (Fsp3) is 0.278. The minimum Gasteiger partial charge on any atom is -0.322 e. The first-order chi connectivity index (χ1) is 13.7. The van der Waals surface area contributed by atoms with Crippen molar-refractivity contribution in [1.82, 2.24) is 9.21 Å². The number of sulfonamides is 1. The summed E-state index contributed by atoms with van der Waals surface area (Å²) in [5, 5.41) is 2.73. The van der Waals surface area contributed by atoms with Crippen LogP contribution in [0.3, 0.4) is 0 Å². The van der Waals surface area contributed by atoms with Crippen molar-refractivity contribution < 1.29 is 22.0 Å². The maximum Gasteiger partial charge on any atom is 0.243 e. The van der Waals surface area contributed by atoms with Crippen molar-refractivity contribution in [3.05, 3.63) is 58.1 Å². The molecule has 0 bridgehead atoms. The first-order valence-corrected chi connectivity index (χ1v) is 10.8. The molecule has 1 heterocycles. The van der Waals surface area contributed by atoms with Crippen molar-refractivity contribution in [3.8, 4) is 0 Å². The van der Waals surface area contributed by atoms with Gasteiger partial charge in [0.2, 0.25) is 15.9 Å². The summed E-state index contributed by atoms with van der Waals surface area (Å²) in [6.07, 6.45) is 0. The molecule has 0 aliphatic carbocycles. The molecule has 29 heavy (non-hydrogen) atoms. The predicted octanol–water partition coefficient (Wildman–Crippen LogP) is 3.22. The van der Waals surface area contributed by atoms with Crippen molar-refractivity contribution in [2.45, 2.75) is 4.90 Å². The van der Waals surface area contributed by atoms with Gasteiger partial charge < -0.3 is 5.32 Å². The Labute approximate surface area is 177 Å². The molecule has 2 aromatic carbocycles. The number of carbonyl (C=O) groups is 1. The summed E-state index contributed by atoms with van der Waals surface area (Å²) in [4.78, 5) is 13.9. The number of piperazine rings is 1. The Balaban J connectivity index is 1.58. The highest BCUT2D eigenvalue weighted by Gasteiger charge is 2.29. The van der Waals surface area contributed by atoms with Gasteiger partial charge >= 0.3 is 0 Å². The highest BCUT2D eigenvalue weighted by atomic mass is 35.5. The van der Waals surface area contributed by atoms with E-state index in [1.165, 1.54) is 22.5 Å². The second-order valence-electron chi connectivity index (χ2n) is 6.43. The normalized spacial score (nSPS) is 16.0. The zero-order valence-electron chi connectivity index (χ0n) is 15.0. The van der Waals surface area contributed by atoms with Crippen LogP contribution in [0.5, 0.6) is 0 Å². The summed E-state index contributed by atoms with van der Waals surface area (Å²) in [6, 6.07) is 6.89. The number of rotatable bonds is 5. The minimum atomic E-state index is -3.74. The average Bonchev–Trinajstić information content (AvgIpc) is 2.67. The van der Waals surface area contributed by atoms with Crippen LogP contribution in [-0.4, -0.2) is 56.3 Å². The van der Waals surface area contributed by atoms with E-state index in [9.17, 15) is 22.0 Å².